The Morgan fingerprint density at radius 3 is 2.68 bits per heavy atom. The Morgan fingerprint density at radius 2 is 1.89 bits per heavy atom. The number of nitrogens with one attached hydrogen (secondary N) is 1. The van der Waals surface area contributed by atoms with Gasteiger partial charge in [-0.25, -0.2) is 0 Å². The van der Waals surface area contributed by atoms with Crippen molar-refractivity contribution in [2.45, 2.75) is 29.6 Å². The molecular weight excluding hydrogens is 250 g/mol. The van der Waals surface area contributed by atoms with Crippen LogP contribution in [-0.2, 0) is 6.42 Å². The smallest absolute Gasteiger partial charge is 0.0151 e. The summed E-state index contributed by atoms with van der Waals surface area (Å²) in [5.41, 5.74) is 2.77. The summed E-state index contributed by atoms with van der Waals surface area (Å²) < 4.78 is 0. The topological polar surface area (TPSA) is 12.0 Å². The molecule has 1 nitrogen and oxygen atoms in total. The molecule has 2 heteroatoms. The molecule has 100 valence electrons. The second kappa shape index (κ2) is 7.37. The Hall–Kier alpha value is -1.25. The Morgan fingerprint density at radius 1 is 1.05 bits per heavy atom. The van der Waals surface area contributed by atoms with Gasteiger partial charge in [0.15, 0.2) is 0 Å². The van der Waals surface area contributed by atoms with Crippen LogP contribution < -0.4 is 5.32 Å². The molecule has 1 N–H and O–H groups in total. The third-order valence-electron chi connectivity index (χ3n) is 3.11. The van der Waals surface area contributed by atoms with Crippen LogP contribution in [0.15, 0.2) is 58.3 Å². The third kappa shape index (κ3) is 4.41. The van der Waals surface area contributed by atoms with Gasteiger partial charge in [0.05, 0.1) is 0 Å². The Labute approximate surface area is 120 Å². The van der Waals surface area contributed by atoms with Crippen molar-refractivity contribution >= 4 is 11.8 Å². The molecule has 0 heterocycles. The number of benzene rings is 2. The minimum Gasteiger partial charge on any atom is -0.320 e. The van der Waals surface area contributed by atoms with E-state index in [9.17, 15) is 0 Å². The molecule has 2 aromatic rings. The molecule has 0 fully saturated rings. The molecule has 0 aliphatic rings. The lowest BCUT2D eigenvalue weighted by atomic mass is 10.1. The molecule has 0 saturated carbocycles. The maximum Gasteiger partial charge on any atom is 0.0151 e. The summed E-state index contributed by atoms with van der Waals surface area (Å²) in [6, 6.07) is 17.4. The highest BCUT2D eigenvalue weighted by atomic mass is 32.2. The van der Waals surface area contributed by atoms with Crippen molar-refractivity contribution in [1.29, 1.82) is 0 Å². The molecule has 0 aliphatic carbocycles. The van der Waals surface area contributed by atoms with Gasteiger partial charge in [-0.3, -0.25) is 0 Å². The summed E-state index contributed by atoms with van der Waals surface area (Å²) in [5.74, 6) is 0. The molecule has 0 saturated heterocycles. The van der Waals surface area contributed by atoms with Crippen LogP contribution >= 0.6 is 11.8 Å². The maximum atomic E-state index is 3.19. The summed E-state index contributed by atoms with van der Waals surface area (Å²) in [6.07, 6.45) is 2.33. The van der Waals surface area contributed by atoms with Crippen LogP contribution in [0.4, 0.5) is 0 Å². The SMILES string of the molecule is CNCCCc1cccc(Sc2ccccc2C)c1. The lowest BCUT2D eigenvalue weighted by Gasteiger charge is -2.07. The van der Waals surface area contributed by atoms with Crippen molar-refractivity contribution in [3.63, 3.8) is 0 Å². The predicted octanol–water partition coefficient (Wildman–Crippen LogP) is 4.30. The number of hydrogen-bond acceptors (Lipinski definition) is 2. The minimum atomic E-state index is 1.08. The quantitative estimate of drug-likeness (QED) is 0.786. The summed E-state index contributed by atoms with van der Waals surface area (Å²) in [4.78, 5) is 2.67. The second-order valence-electron chi connectivity index (χ2n) is 4.72. The van der Waals surface area contributed by atoms with Crippen LogP contribution in [0.25, 0.3) is 0 Å². The molecule has 0 radical (unpaired) electrons. The molecule has 0 amide bonds. The highest BCUT2D eigenvalue weighted by molar-refractivity contribution is 7.99. The fraction of sp³-hybridized carbons (Fsp3) is 0.294. The summed E-state index contributed by atoms with van der Waals surface area (Å²) in [6.45, 7) is 3.24. The zero-order valence-corrected chi connectivity index (χ0v) is 12.5. The van der Waals surface area contributed by atoms with Crippen LogP contribution in [0.5, 0.6) is 0 Å². The first kappa shape index (κ1) is 14.2. The van der Waals surface area contributed by atoms with Crippen LogP contribution in [0, 0.1) is 6.92 Å². The summed E-state index contributed by atoms with van der Waals surface area (Å²) in [7, 11) is 2.00. The van der Waals surface area contributed by atoms with E-state index in [-0.39, 0.29) is 0 Å². The van der Waals surface area contributed by atoms with Crippen molar-refractivity contribution in [2.75, 3.05) is 13.6 Å². The van der Waals surface area contributed by atoms with Gasteiger partial charge in [0.2, 0.25) is 0 Å². The van der Waals surface area contributed by atoms with Crippen LogP contribution in [0.2, 0.25) is 0 Å². The van der Waals surface area contributed by atoms with Crippen LogP contribution in [0.1, 0.15) is 17.5 Å². The maximum absolute atomic E-state index is 3.19. The Bertz CT molecular complexity index is 522. The van der Waals surface area contributed by atoms with Gasteiger partial charge in [0.1, 0.15) is 0 Å². The van der Waals surface area contributed by atoms with E-state index in [1.807, 2.05) is 18.8 Å². The highest BCUT2D eigenvalue weighted by Crippen LogP contribution is 2.30. The van der Waals surface area contributed by atoms with E-state index >= 15 is 0 Å². The zero-order valence-electron chi connectivity index (χ0n) is 11.6. The monoisotopic (exact) mass is 271 g/mol. The number of aryl methyl sites for hydroxylation is 2. The molecule has 0 bridgehead atoms. The molecule has 2 rings (SSSR count). The van der Waals surface area contributed by atoms with Gasteiger partial charge in [-0.1, -0.05) is 42.1 Å². The van der Waals surface area contributed by atoms with Gasteiger partial charge in [0, 0.05) is 9.79 Å². The fourth-order valence-electron chi connectivity index (χ4n) is 2.03. The standard InChI is InChI=1S/C17H21NS/c1-14-7-3-4-11-17(14)19-16-10-5-8-15(13-16)9-6-12-18-2/h3-5,7-8,10-11,13,18H,6,9,12H2,1-2H3. The lowest BCUT2D eigenvalue weighted by Crippen LogP contribution is -2.08. The van der Waals surface area contributed by atoms with Gasteiger partial charge in [-0.2, -0.15) is 0 Å². The fourth-order valence-corrected chi connectivity index (χ4v) is 3.02. The number of rotatable bonds is 6. The van der Waals surface area contributed by atoms with Crippen molar-refractivity contribution in [3.05, 3.63) is 59.7 Å². The molecule has 0 atom stereocenters. The van der Waals surface area contributed by atoms with Crippen molar-refractivity contribution in [1.82, 2.24) is 5.32 Å². The first-order valence-corrected chi connectivity index (χ1v) is 7.58. The van der Waals surface area contributed by atoms with E-state index in [4.69, 9.17) is 0 Å². The molecular formula is C17H21NS. The van der Waals surface area contributed by atoms with Gasteiger partial charge >= 0.3 is 0 Å². The van der Waals surface area contributed by atoms with E-state index in [0.717, 1.165) is 13.0 Å². The average molecular weight is 271 g/mol. The van der Waals surface area contributed by atoms with Gasteiger partial charge < -0.3 is 5.32 Å². The van der Waals surface area contributed by atoms with Gasteiger partial charge in [0.25, 0.3) is 0 Å². The van der Waals surface area contributed by atoms with E-state index in [1.54, 1.807) is 0 Å². The van der Waals surface area contributed by atoms with E-state index < -0.39 is 0 Å². The molecule has 0 aliphatic heterocycles. The van der Waals surface area contributed by atoms with E-state index in [1.165, 1.54) is 27.3 Å². The number of hydrogen-bond donors (Lipinski definition) is 1. The van der Waals surface area contributed by atoms with E-state index in [2.05, 4.69) is 60.8 Å². The first-order valence-electron chi connectivity index (χ1n) is 6.76. The summed E-state index contributed by atoms with van der Waals surface area (Å²) >= 11 is 1.85. The van der Waals surface area contributed by atoms with Crippen molar-refractivity contribution < 1.29 is 0 Å². The van der Waals surface area contributed by atoms with Gasteiger partial charge in [-0.05, 0) is 62.7 Å². The largest absolute Gasteiger partial charge is 0.320 e. The molecule has 2 aromatic carbocycles. The zero-order chi connectivity index (χ0) is 13.5. The van der Waals surface area contributed by atoms with Crippen molar-refractivity contribution in [3.8, 4) is 0 Å². The summed E-state index contributed by atoms with van der Waals surface area (Å²) in [5, 5.41) is 3.19. The highest BCUT2D eigenvalue weighted by Gasteiger charge is 2.01. The van der Waals surface area contributed by atoms with E-state index in [0.29, 0.717) is 0 Å². The minimum absolute atomic E-state index is 1.08. The third-order valence-corrected chi connectivity index (χ3v) is 4.28. The first-order chi connectivity index (χ1) is 9.29. The normalized spacial score (nSPS) is 10.6. The average Bonchev–Trinajstić information content (AvgIpc) is 2.42. The predicted molar refractivity (Wildman–Crippen MR) is 84.0 cm³/mol. The van der Waals surface area contributed by atoms with Crippen LogP contribution in [-0.4, -0.2) is 13.6 Å². The lowest BCUT2D eigenvalue weighted by molar-refractivity contribution is 0.724. The van der Waals surface area contributed by atoms with Crippen molar-refractivity contribution in [2.24, 2.45) is 0 Å². The Kier molecular flexibility index (Phi) is 5.49. The van der Waals surface area contributed by atoms with Gasteiger partial charge in [-0.15, -0.1) is 0 Å². The Balaban J connectivity index is 2.05. The van der Waals surface area contributed by atoms with Crippen LogP contribution in [0.3, 0.4) is 0 Å². The molecule has 0 unspecified atom stereocenters. The molecule has 0 spiro atoms. The molecule has 19 heavy (non-hydrogen) atoms. The molecule has 0 aromatic heterocycles. The second-order valence-corrected chi connectivity index (χ2v) is 5.84.